The Balaban J connectivity index is 4.33. The molecule has 0 spiro atoms. The minimum absolute atomic E-state index is 0.323. The highest BCUT2D eigenvalue weighted by Gasteiger charge is 2.15. The smallest absolute Gasteiger partial charge is 0.0586 e. The summed E-state index contributed by atoms with van der Waals surface area (Å²) in [6, 6.07) is -0.845. The average Bonchev–Trinajstić information content (AvgIpc) is 2.02. The molecule has 0 N–H and O–H groups in total. The second-order valence-electron chi connectivity index (χ2n) is 2.68. The second-order valence-corrected chi connectivity index (χ2v) is 2.68. The Hall–Kier alpha value is -1.10. The van der Waals surface area contributed by atoms with Crippen LogP contribution in [0.15, 0.2) is 0 Å². The minimum Gasteiger partial charge on any atom is -0.549 e. The molecule has 0 saturated carbocycles. The number of nitrogens with zero attached hydrogens (tertiary/aromatic N) is 1. The maximum atomic E-state index is 10.5. The van der Waals surface area contributed by atoms with Gasteiger partial charge in [0.1, 0.15) is 0 Å². The van der Waals surface area contributed by atoms with Gasteiger partial charge in [0.25, 0.3) is 0 Å². The zero-order valence-corrected chi connectivity index (χ0v) is 7.78. The minimum atomic E-state index is -1.28. The van der Waals surface area contributed by atoms with Gasteiger partial charge in [0.2, 0.25) is 0 Å². The van der Waals surface area contributed by atoms with Crippen molar-refractivity contribution in [2.75, 3.05) is 13.1 Å². The molecule has 76 valence electrons. The van der Waals surface area contributed by atoms with Crippen LogP contribution in [-0.4, -0.2) is 36.0 Å². The molecule has 0 heterocycles. The number of aliphatic carboxylic acids is 2. The van der Waals surface area contributed by atoms with E-state index in [0.29, 0.717) is 13.0 Å². The van der Waals surface area contributed by atoms with E-state index in [1.165, 1.54) is 4.90 Å². The first-order valence-corrected chi connectivity index (χ1v) is 4.17. The molecule has 0 aliphatic carbocycles. The first kappa shape index (κ1) is 11.9. The van der Waals surface area contributed by atoms with Crippen molar-refractivity contribution in [2.45, 2.75) is 26.3 Å². The summed E-state index contributed by atoms with van der Waals surface area (Å²) >= 11 is 0. The molecule has 5 nitrogen and oxygen atoms in total. The highest BCUT2D eigenvalue weighted by molar-refractivity contribution is 5.73. The van der Waals surface area contributed by atoms with Crippen molar-refractivity contribution in [2.24, 2.45) is 0 Å². The number of rotatable bonds is 6. The van der Waals surface area contributed by atoms with Crippen LogP contribution in [0.25, 0.3) is 0 Å². The van der Waals surface area contributed by atoms with Crippen LogP contribution in [0.1, 0.15) is 20.3 Å². The van der Waals surface area contributed by atoms with Gasteiger partial charge in [-0.1, -0.05) is 13.8 Å². The van der Waals surface area contributed by atoms with Crippen molar-refractivity contribution < 1.29 is 19.8 Å². The molecular formula is C8H13NO4-2. The van der Waals surface area contributed by atoms with Crippen molar-refractivity contribution in [3.8, 4) is 0 Å². The molecule has 0 aliphatic heterocycles. The Labute approximate surface area is 77.0 Å². The number of carbonyl (C=O) groups is 2. The summed E-state index contributed by atoms with van der Waals surface area (Å²) in [4.78, 5) is 22.1. The topological polar surface area (TPSA) is 83.5 Å². The fraction of sp³-hybridized carbons (Fsp3) is 0.750. The lowest BCUT2D eigenvalue weighted by Gasteiger charge is -2.30. The van der Waals surface area contributed by atoms with E-state index in [2.05, 4.69) is 0 Å². The first-order valence-electron chi connectivity index (χ1n) is 4.17. The van der Waals surface area contributed by atoms with Gasteiger partial charge in [-0.2, -0.15) is 0 Å². The lowest BCUT2D eigenvalue weighted by Crippen LogP contribution is -2.51. The Morgan fingerprint density at radius 1 is 1.31 bits per heavy atom. The van der Waals surface area contributed by atoms with E-state index >= 15 is 0 Å². The molecule has 0 rings (SSSR count). The van der Waals surface area contributed by atoms with Crippen molar-refractivity contribution in [3.05, 3.63) is 0 Å². The average molecular weight is 187 g/mol. The standard InChI is InChI=1S/C8H15NO4/c1-3-6(8(12)13)9(4-2)5-7(10)11/h6H,3-5H2,1-2H3,(H,10,11)(H,12,13)/p-2. The largest absolute Gasteiger partial charge is 0.549 e. The van der Waals surface area contributed by atoms with E-state index in [9.17, 15) is 19.8 Å². The SMILES string of the molecule is CCC(C(=O)[O-])N(CC)CC(=O)[O-]. The molecule has 0 aromatic carbocycles. The number of carbonyl (C=O) groups excluding carboxylic acids is 2. The maximum Gasteiger partial charge on any atom is 0.0586 e. The van der Waals surface area contributed by atoms with Crippen molar-refractivity contribution >= 4 is 11.9 Å². The third-order valence-electron chi connectivity index (χ3n) is 1.84. The van der Waals surface area contributed by atoms with Crippen LogP contribution in [0.3, 0.4) is 0 Å². The summed E-state index contributed by atoms with van der Waals surface area (Å²) in [7, 11) is 0. The Morgan fingerprint density at radius 3 is 2.08 bits per heavy atom. The number of carboxylic acids is 2. The van der Waals surface area contributed by atoms with Gasteiger partial charge >= 0.3 is 0 Å². The van der Waals surface area contributed by atoms with Crippen molar-refractivity contribution in [1.29, 1.82) is 0 Å². The quantitative estimate of drug-likeness (QED) is 0.462. The van der Waals surface area contributed by atoms with Gasteiger partial charge < -0.3 is 19.8 Å². The fourth-order valence-corrected chi connectivity index (χ4v) is 1.18. The Morgan fingerprint density at radius 2 is 1.85 bits per heavy atom. The highest BCUT2D eigenvalue weighted by Crippen LogP contribution is 2.01. The summed E-state index contributed by atoms with van der Waals surface area (Å²) in [5, 5.41) is 20.8. The summed E-state index contributed by atoms with van der Waals surface area (Å²) in [5.74, 6) is -2.52. The van der Waals surface area contributed by atoms with Crippen LogP contribution in [0.5, 0.6) is 0 Å². The monoisotopic (exact) mass is 187 g/mol. The zero-order chi connectivity index (χ0) is 10.4. The number of hydrogen-bond donors (Lipinski definition) is 0. The van der Waals surface area contributed by atoms with Gasteiger partial charge in [-0.25, -0.2) is 0 Å². The normalized spacial score (nSPS) is 12.8. The number of likely N-dealkylation sites (N-methyl/N-ethyl adjacent to an activating group) is 1. The molecule has 5 heteroatoms. The molecule has 0 aliphatic rings. The highest BCUT2D eigenvalue weighted by atomic mass is 16.4. The predicted octanol–water partition coefficient (Wildman–Crippen LogP) is -2.41. The summed E-state index contributed by atoms with van der Waals surface area (Å²) in [6.45, 7) is 3.33. The van der Waals surface area contributed by atoms with E-state index in [-0.39, 0.29) is 6.54 Å². The van der Waals surface area contributed by atoms with Crippen LogP contribution in [0, 0.1) is 0 Å². The van der Waals surface area contributed by atoms with Crippen LogP contribution in [0.2, 0.25) is 0 Å². The van der Waals surface area contributed by atoms with Crippen LogP contribution in [0.4, 0.5) is 0 Å². The second kappa shape index (κ2) is 5.53. The van der Waals surface area contributed by atoms with Crippen LogP contribution < -0.4 is 10.2 Å². The Kier molecular flexibility index (Phi) is 5.06. The molecule has 0 fully saturated rings. The molecule has 0 amide bonds. The van der Waals surface area contributed by atoms with Gasteiger partial charge in [-0.3, -0.25) is 4.90 Å². The summed E-state index contributed by atoms with van der Waals surface area (Å²) < 4.78 is 0. The van der Waals surface area contributed by atoms with Crippen LogP contribution >= 0.6 is 0 Å². The van der Waals surface area contributed by atoms with Gasteiger partial charge in [-0.05, 0) is 13.0 Å². The molecule has 0 radical (unpaired) electrons. The van der Waals surface area contributed by atoms with E-state index < -0.39 is 18.0 Å². The molecule has 0 saturated heterocycles. The molecule has 0 bridgehead atoms. The number of hydrogen-bond acceptors (Lipinski definition) is 5. The van der Waals surface area contributed by atoms with E-state index in [4.69, 9.17) is 0 Å². The van der Waals surface area contributed by atoms with Gasteiger partial charge in [0.15, 0.2) is 0 Å². The van der Waals surface area contributed by atoms with E-state index in [1.807, 2.05) is 0 Å². The number of carboxylic acid groups (broad SMARTS) is 2. The zero-order valence-electron chi connectivity index (χ0n) is 7.78. The van der Waals surface area contributed by atoms with Crippen LogP contribution in [-0.2, 0) is 9.59 Å². The third-order valence-corrected chi connectivity index (χ3v) is 1.84. The fourth-order valence-electron chi connectivity index (χ4n) is 1.18. The molecule has 0 aromatic rings. The van der Waals surface area contributed by atoms with Gasteiger partial charge in [0.05, 0.1) is 11.9 Å². The summed E-state index contributed by atoms with van der Waals surface area (Å²) in [6.07, 6.45) is 0.323. The van der Waals surface area contributed by atoms with Crippen molar-refractivity contribution in [1.82, 2.24) is 4.90 Å². The molecule has 1 atom stereocenters. The van der Waals surface area contributed by atoms with E-state index in [0.717, 1.165) is 0 Å². The van der Waals surface area contributed by atoms with E-state index in [1.54, 1.807) is 13.8 Å². The van der Waals surface area contributed by atoms with Crippen molar-refractivity contribution in [3.63, 3.8) is 0 Å². The lowest BCUT2D eigenvalue weighted by molar-refractivity contribution is -0.315. The van der Waals surface area contributed by atoms with Gasteiger partial charge in [0, 0.05) is 12.6 Å². The summed E-state index contributed by atoms with van der Waals surface area (Å²) in [5.41, 5.74) is 0. The lowest BCUT2D eigenvalue weighted by atomic mass is 10.2. The first-order chi connectivity index (χ1) is 6.02. The molecule has 1 unspecified atom stereocenters. The Bertz CT molecular complexity index is 193. The molecule has 0 aromatic heterocycles. The molecule has 13 heavy (non-hydrogen) atoms. The predicted molar refractivity (Wildman–Crippen MR) is 41.3 cm³/mol. The van der Waals surface area contributed by atoms with Gasteiger partial charge in [-0.15, -0.1) is 0 Å². The maximum absolute atomic E-state index is 10.5. The third kappa shape index (κ3) is 3.89. The molecular weight excluding hydrogens is 174 g/mol.